The first-order valence-electron chi connectivity index (χ1n) is 10.3. The summed E-state index contributed by atoms with van der Waals surface area (Å²) in [4.78, 5) is 31.4. The van der Waals surface area contributed by atoms with Crippen LogP contribution in [0.25, 0.3) is 33.2 Å². The topological polar surface area (TPSA) is 84.0 Å². The molecule has 30 heavy (non-hydrogen) atoms. The lowest BCUT2D eigenvalue weighted by Crippen LogP contribution is -2.39. The molecule has 1 aliphatic heterocycles. The van der Waals surface area contributed by atoms with Crippen LogP contribution < -0.4 is 4.90 Å². The van der Waals surface area contributed by atoms with Gasteiger partial charge in [-0.2, -0.15) is 0 Å². The number of nitrogens with one attached hydrogen (secondary N) is 1. The molecule has 0 bridgehead atoms. The van der Waals surface area contributed by atoms with E-state index in [1.54, 1.807) is 6.20 Å². The van der Waals surface area contributed by atoms with E-state index in [4.69, 9.17) is 9.72 Å². The van der Waals surface area contributed by atoms with Gasteiger partial charge in [0.25, 0.3) is 0 Å². The maximum Gasteiger partial charge on any atom is 0.310 e. The SMILES string of the molecule is CCOC(=O)C1CCCN(c2cnc3ccc(-c4cnc5[nH]ccc5c4)cc3n2)C1. The molecule has 4 aromatic rings. The van der Waals surface area contributed by atoms with Crippen molar-refractivity contribution in [3.63, 3.8) is 0 Å². The number of aromatic nitrogens is 4. The number of benzene rings is 1. The van der Waals surface area contributed by atoms with Crippen molar-refractivity contribution in [1.82, 2.24) is 19.9 Å². The predicted molar refractivity (Wildman–Crippen MR) is 116 cm³/mol. The minimum absolute atomic E-state index is 0.110. The number of anilines is 1. The number of piperidine rings is 1. The molecule has 5 rings (SSSR count). The fourth-order valence-electron chi connectivity index (χ4n) is 4.07. The van der Waals surface area contributed by atoms with Gasteiger partial charge in [0.05, 0.1) is 29.8 Å². The predicted octanol–water partition coefficient (Wildman–Crippen LogP) is 3.95. The second-order valence-electron chi connectivity index (χ2n) is 7.61. The Bertz CT molecular complexity index is 1220. The lowest BCUT2D eigenvalue weighted by atomic mass is 9.98. The van der Waals surface area contributed by atoms with Gasteiger partial charge >= 0.3 is 5.97 Å². The zero-order valence-corrected chi connectivity index (χ0v) is 16.8. The Morgan fingerprint density at radius 1 is 1.17 bits per heavy atom. The Labute approximate surface area is 174 Å². The highest BCUT2D eigenvalue weighted by atomic mass is 16.5. The highest BCUT2D eigenvalue weighted by Gasteiger charge is 2.27. The number of nitrogens with zero attached hydrogens (tertiary/aromatic N) is 4. The molecule has 3 aromatic heterocycles. The summed E-state index contributed by atoms with van der Waals surface area (Å²) in [6, 6.07) is 10.2. The Balaban J connectivity index is 1.45. The average molecular weight is 401 g/mol. The standard InChI is InChI=1S/C23H23N5O2/c1-2-30-23(29)17-4-3-9-28(14-17)21-13-25-19-6-5-15(11-20(19)27-21)18-10-16-7-8-24-22(16)26-12-18/h5-8,10-13,17H,2-4,9,14H2,1H3,(H,24,26). The largest absolute Gasteiger partial charge is 0.466 e. The monoisotopic (exact) mass is 401 g/mol. The Morgan fingerprint density at radius 3 is 3.00 bits per heavy atom. The van der Waals surface area contributed by atoms with Crippen LogP contribution in [-0.4, -0.2) is 45.6 Å². The lowest BCUT2D eigenvalue weighted by Gasteiger charge is -2.32. The average Bonchev–Trinajstić information content (AvgIpc) is 3.26. The summed E-state index contributed by atoms with van der Waals surface area (Å²) in [5.41, 5.74) is 4.64. The van der Waals surface area contributed by atoms with Crippen molar-refractivity contribution in [2.45, 2.75) is 19.8 Å². The molecule has 1 aromatic carbocycles. The summed E-state index contributed by atoms with van der Waals surface area (Å²) < 4.78 is 5.22. The van der Waals surface area contributed by atoms with Gasteiger partial charge in [-0.25, -0.2) is 9.97 Å². The van der Waals surface area contributed by atoms with Gasteiger partial charge in [0.2, 0.25) is 0 Å². The second kappa shape index (κ2) is 7.74. The highest BCUT2D eigenvalue weighted by Crippen LogP contribution is 2.27. The molecule has 0 amide bonds. The number of esters is 1. The van der Waals surface area contributed by atoms with Gasteiger partial charge in [0.1, 0.15) is 11.5 Å². The summed E-state index contributed by atoms with van der Waals surface area (Å²) >= 11 is 0. The molecule has 1 saturated heterocycles. The zero-order valence-electron chi connectivity index (χ0n) is 16.8. The van der Waals surface area contributed by atoms with Crippen LogP contribution in [0.1, 0.15) is 19.8 Å². The van der Waals surface area contributed by atoms with E-state index in [0.29, 0.717) is 13.2 Å². The van der Waals surface area contributed by atoms with Crippen molar-refractivity contribution in [3.05, 3.63) is 48.9 Å². The summed E-state index contributed by atoms with van der Waals surface area (Å²) in [6.07, 6.45) is 7.34. The van der Waals surface area contributed by atoms with E-state index in [0.717, 1.165) is 58.4 Å². The first-order chi connectivity index (χ1) is 14.7. The minimum Gasteiger partial charge on any atom is -0.466 e. The Kier molecular flexibility index (Phi) is 4.78. The summed E-state index contributed by atoms with van der Waals surface area (Å²) in [7, 11) is 0. The van der Waals surface area contributed by atoms with Crippen LogP contribution >= 0.6 is 0 Å². The van der Waals surface area contributed by atoms with Crippen LogP contribution in [0.15, 0.2) is 48.9 Å². The molecule has 1 fully saturated rings. The van der Waals surface area contributed by atoms with Crippen LogP contribution in [0.4, 0.5) is 5.82 Å². The number of carbonyl (C=O) groups is 1. The van der Waals surface area contributed by atoms with E-state index in [1.165, 1.54) is 0 Å². The number of H-pyrrole nitrogens is 1. The van der Waals surface area contributed by atoms with E-state index < -0.39 is 0 Å². The van der Waals surface area contributed by atoms with Gasteiger partial charge in [-0.05, 0) is 49.6 Å². The van der Waals surface area contributed by atoms with Crippen molar-refractivity contribution >= 4 is 33.9 Å². The smallest absolute Gasteiger partial charge is 0.310 e. The fraction of sp³-hybridized carbons (Fsp3) is 0.304. The Hall–Kier alpha value is -3.48. The number of pyridine rings is 1. The molecule has 4 heterocycles. The molecule has 0 radical (unpaired) electrons. The molecule has 0 spiro atoms. The number of ether oxygens (including phenoxy) is 1. The fourth-order valence-corrected chi connectivity index (χ4v) is 4.07. The van der Waals surface area contributed by atoms with Crippen molar-refractivity contribution < 1.29 is 9.53 Å². The molecule has 1 aliphatic rings. The maximum absolute atomic E-state index is 12.2. The number of rotatable bonds is 4. The van der Waals surface area contributed by atoms with Crippen molar-refractivity contribution in [2.24, 2.45) is 5.92 Å². The number of hydrogen-bond acceptors (Lipinski definition) is 6. The number of aromatic amines is 1. The van der Waals surface area contributed by atoms with Crippen LogP contribution in [0, 0.1) is 5.92 Å². The molecule has 7 nitrogen and oxygen atoms in total. The van der Waals surface area contributed by atoms with Crippen LogP contribution in [0.3, 0.4) is 0 Å². The second-order valence-corrected chi connectivity index (χ2v) is 7.61. The molecule has 152 valence electrons. The van der Waals surface area contributed by atoms with Gasteiger partial charge in [0, 0.05) is 36.4 Å². The minimum atomic E-state index is -0.120. The highest BCUT2D eigenvalue weighted by molar-refractivity contribution is 5.86. The first-order valence-corrected chi connectivity index (χ1v) is 10.3. The third-order valence-corrected chi connectivity index (χ3v) is 5.63. The van der Waals surface area contributed by atoms with E-state index in [2.05, 4.69) is 25.9 Å². The van der Waals surface area contributed by atoms with Gasteiger partial charge in [0.15, 0.2) is 0 Å². The summed E-state index contributed by atoms with van der Waals surface area (Å²) in [5.74, 6) is 0.570. The van der Waals surface area contributed by atoms with E-state index in [9.17, 15) is 4.79 Å². The van der Waals surface area contributed by atoms with Crippen LogP contribution in [0.2, 0.25) is 0 Å². The number of fused-ring (bicyclic) bond motifs is 2. The molecular weight excluding hydrogens is 378 g/mol. The maximum atomic E-state index is 12.2. The molecule has 1 unspecified atom stereocenters. The van der Waals surface area contributed by atoms with E-state index in [-0.39, 0.29) is 11.9 Å². The molecule has 0 saturated carbocycles. The molecule has 1 N–H and O–H groups in total. The van der Waals surface area contributed by atoms with Gasteiger partial charge in [-0.1, -0.05) is 6.07 Å². The zero-order chi connectivity index (χ0) is 20.5. The van der Waals surface area contributed by atoms with Crippen molar-refractivity contribution in [1.29, 1.82) is 0 Å². The van der Waals surface area contributed by atoms with Crippen LogP contribution in [-0.2, 0) is 9.53 Å². The normalized spacial score (nSPS) is 16.8. The summed E-state index contributed by atoms with van der Waals surface area (Å²) in [5, 5.41) is 1.07. The molecular formula is C23H23N5O2. The number of carbonyl (C=O) groups excluding carboxylic acids is 1. The lowest BCUT2D eigenvalue weighted by molar-refractivity contribution is -0.148. The third-order valence-electron chi connectivity index (χ3n) is 5.63. The molecule has 7 heteroatoms. The van der Waals surface area contributed by atoms with E-state index in [1.807, 2.05) is 43.6 Å². The summed E-state index contributed by atoms with van der Waals surface area (Å²) in [6.45, 7) is 3.74. The van der Waals surface area contributed by atoms with E-state index >= 15 is 0 Å². The molecule has 1 atom stereocenters. The number of hydrogen-bond donors (Lipinski definition) is 1. The first kappa shape index (κ1) is 18.5. The quantitative estimate of drug-likeness (QED) is 0.521. The van der Waals surface area contributed by atoms with Crippen molar-refractivity contribution in [2.75, 3.05) is 24.6 Å². The molecule has 0 aliphatic carbocycles. The van der Waals surface area contributed by atoms with Gasteiger partial charge in [-0.15, -0.1) is 0 Å². The third kappa shape index (κ3) is 3.47. The van der Waals surface area contributed by atoms with Crippen molar-refractivity contribution in [3.8, 4) is 11.1 Å². The van der Waals surface area contributed by atoms with Crippen LogP contribution in [0.5, 0.6) is 0 Å². The Morgan fingerprint density at radius 2 is 2.10 bits per heavy atom. The van der Waals surface area contributed by atoms with Gasteiger partial charge in [-0.3, -0.25) is 9.78 Å². The van der Waals surface area contributed by atoms with Gasteiger partial charge < -0.3 is 14.6 Å².